The van der Waals surface area contributed by atoms with Crippen molar-refractivity contribution in [2.75, 3.05) is 26.2 Å². The van der Waals surface area contributed by atoms with E-state index in [1.807, 2.05) is 6.07 Å². The van der Waals surface area contributed by atoms with Crippen LogP contribution < -0.4 is 0 Å². The quantitative estimate of drug-likeness (QED) is 0.389. The van der Waals surface area contributed by atoms with Gasteiger partial charge in [-0.3, -0.25) is 9.80 Å². The molecule has 15 heteroatoms. The lowest BCUT2D eigenvalue weighted by Crippen LogP contribution is -2.57. The zero-order valence-corrected chi connectivity index (χ0v) is 22.5. The first kappa shape index (κ1) is 32.7. The molecule has 1 fully saturated rings. The third-order valence-corrected chi connectivity index (χ3v) is 7.05. The Bertz CT molecular complexity index is 1280. The third-order valence-electron chi connectivity index (χ3n) is 7.05. The zero-order valence-electron chi connectivity index (χ0n) is 22.5. The van der Waals surface area contributed by atoms with Gasteiger partial charge in [-0.2, -0.15) is 26.3 Å². The number of alkyl halides is 6. The summed E-state index contributed by atoms with van der Waals surface area (Å²) in [6.45, 7) is 8.52. The molecule has 0 amide bonds. The molecule has 2 aliphatic rings. The lowest BCUT2D eigenvalue weighted by Gasteiger charge is -2.50. The van der Waals surface area contributed by atoms with Gasteiger partial charge in [0.15, 0.2) is 0 Å². The molecule has 0 atom stereocenters. The van der Waals surface area contributed by atoms with E-state index in [0.29, 0.717) is 0 Å². The molecule has 0 radical (unpaired) electrons. The molecule has 4 heterocycles. The minimum atomic E-state index is -5.08. The van der Waals surface area contributed by atoms with Crippen LogP contribution in [0.1, 0.15) is 31.4 Å². The molecule has 2 N–H and O–H groups in total. The highest BCUT2D eigenvalue weighted by molar-refractivity contribution is 5.73. The highest BCUT2D eigenvalue weighted by atomic mass is 19.4. The van der Waals surface area contributed by atoms with Gasteiger partial charge in [-0.25, -0.2) is 14.6 Å². The standard InChI is InChI=1S/C23H28N4O.2C2HF3O2/c1-2-26-14-15-27-21(19-7-4-3-5-8-19)17-24-22(27)23(26)10-12-25(13-11-23)18-20-9-6-16-28-20;2*3-2(4,5)1(6)7/h3-9,16-17H,2,10-15,18H2,1H3;2*(H,6,7). The van der Waals surface area contributed by atoms with Gasteiger partial charge in [-0.1, -0.05) is 37.3 Å². The van der Waals surface area contributed by atoms with Crippen molar-refractivity contribution in [3.8, 4) is 11.3 Å². The molecule has 0 unspecified atom stereocenters. The molecule has 1 aromatic carbocycles. The fourth-order valence-corrected chi connectivity index (χ4v) is 5.09. The maximum atomic E-state index is 10.6. The van der Waals surface area contributed by atoms with Crippen LogP contribution in [-0.2, 0) is 28.2 Å². The minimum Gasteiger partial charge on any atom is -0.475 e. The van der Waals surface area contributed by atoms with Crippen molar-refractivity contribution in [3.63, 3.8) is 0 Å². The van der Waals surface area contributed by atoms with Gasteiger partial charge in [-0.15, -0.1) is 0 Å². The second-order valence-corrected chi connectivity index (χ2v) is 9.56. The average molecular weight is 605 g/mol. The Hall–Kier alpha value is -3.85. The fraction of sp³-hybridized carbons (Fsp3) is 0.444. The number of furan rings is 1. The Kier molecular flexibility index (Phi) is 10.4. The summed E-state index contributed by atoms with van der Waals surface area (Å²) in [5.41, 5.74) is 2.57. The zero-order chi connectivity index (χ0) is 31.1. The summed E-state index contributed by atoms with van der Waals surface area (Å²) in [6, 6.07) is 14.7. The molecule has 0 aliphatic carbocycles. The number of aromatic nitrogens is 2. The van der Waals surface area contributed by atoms with Crippen molar-refractivity contribution in [2.45, 2.75) is 50.7 Å². The predicted octanol–water partition coefficient (Wildman–Crippen LogP) is 5.24. The number of nitrogens with zero attached hydrogens (tertiary/aromatic N) is 4. The number of carbonyl (C=O) groups is 2. The third kappa shape index (κ3) is 7.91. The maximum absolute atomic E-state index is 10.6. The van der Waals surface area contributed by atoms with Crippen molar-refractivity contribution in [2.24, 2.45) is 0 Å². The van der Waals surface area contributed by atoms with Gasteiger partial charge in [0.2, 0.25) is 0 Å². The van der Waals surface area contributed by atoms with Gasteiger partial charge in [-0.05, 0) is 37.1 Å². The molecule has 2 aromatic heterocycles. The summed E-state index contributed by atoms with van der Waals surface area (Å²) in [4.78, 5) is 28.0. The second kappa shape index (κ2) is 13.4. The average Bonchev–Trinajstić information content (AvgIpc) is 3.61. The van der Waals surface area contributed by atoms with Crippen LogP contribution in [0, 0.1) is 0 Å². The van der Waals surface area contributed by atoms with Gasteiger partial charge >= 0.3 is 24.3 Å². The van der Waals surface area contributed by atoms with Crippen LogP contribution >= 0.6 is 0 Å². The number of fused-ring (bicyclic) bond motifs is 2. The van der Waals surface area contributed by atoms with Gasteiger partial charge in [0, 0.05) is 26.2 Å². The molecule has 1 saturated heterocycles. The van der Waals surface area contributed by atoms with Crippen LogP contribution in [0.25, 0.3) is 11.3 Å². The topological polar surface area (TPSA) is 112 Å². The number of likely N-dealkylation sites (N-methyl/N-ethyl adjacent to an activating group) is 1. The van der Waals surface area contributed by atoms with Crippen molar-refractivity contribution in [1.29, 1.82) is 0 Å². The van der Waals surface area contributed by atoms with Crippen molar-refractivity contribution < 1.29 is 50.6 Å². The second-order valence-electron chi connectivity index (χ2n) is 9.56. The van der Waals surface area contributed by atoms with Gasteiger partial charge in [0.05, 0.1) is 30.2 Å². The molecule has 230 valence electrons. The van der Waals surface area contributed by atoms with E-state index < -0.39 is 24.3 Å². The number of likely N-dealkylation sites (tertiary alicyclic amines) is 1. The number of aliphatic carboxylic acids is 2. The summed E-state index contributed by atoms with van der Waals surface area (Å²) in [5, 5.41) is 14.2. The van der Waals surface area contributed by atoms with Crippen LogP contribution in [0.2, 0.25) is 0 Å². The van der Waals surface area contributed by atoms with Crippen LogP contribution in [0.3, 0.4) is 0 Å². The van der Waals surface area contributed by atoms with E-state index in [1.165, 1.54) is 17.1 Å². The Labute approximate surface area is 237 Å². The molecule has 2 aliphatic heterocycles. The number of halogens is 6. The normalized spacial score (nSPS) is 16.9. The lowest BCUT2D eigenvalue weighted by molar-refractivity contribution is -0.193. The fourth-order valence-electron chi connectivity index (χ4n) is 5.09. The number of carboxylic acid groups (broad SMARTS) is 2. The number of piperidine rings is 1. The molecule has 42 heavy (non-hydrogen) atoms. The first-order chi connectivity index (χ1) is 19.7. The van der Waals surface area contributed by atoms with Crippen molar-refractivity contribution in [1.82, 2.24) is 19.4 Å². The molecule has 0 saturated carbocycles. The molecular weight excluding hydrogens is 574 g/mol. The molecule has 1 spiro atoms. The van der Waals surface area contributed by atoms with Crippen molar-refractivity contribution >= 4 is 11.9 Å². The van der Waals surface area contributed by atoms with E-state index in [-0.39, 0.29) is 5.54 Å². The van der Waals surface area contributed by atoms with E-state index in [0.717, 1.165) is 57.9 Å². The van der Waals surface area contributed by atoms with E-state index in [9.17, 15) is 26.3 Å². The van der Waals surface area contributed by atoms with E-state index in [1.54, 1.807) is 6.26 Å². The number of carboxylic acids is 2. The summed E-state index contributed by atoms with van der Waals surface area (Å²) in [5.74, 6) is -3.20. The summed E-state index contributed by atoms with van der Waals surface area (Å²) >= 11 is 0. The molecular formula is C27H30F6N4O5. The van der Waals surface area contributed by atoms with Crippen LogP contribution in [0.15, 0.2) is 59.3 Å². The number of hydrogen-bond donors (Lipinski definition) is 2. The summed E-state index contributed by atoms with van der Waals surface area (Å²) in [6.07, 6.45) is -4.08. The van der Waals surface area contributed by atoms with Gasteiger partial charge < -0.3 is 19.2 Å². The van der Waals surface area contributed by atoms with E-state index in [4.69, 9.17) is 29.2 Å². The lowest BCUT2D eigenvalue weighted by atomic mass is 9.83. The molecule has 3 aromatic rings. The minimum absolute atomic E-state index is 0.0553. The van der Waals surface area contributed by atoms with Crippen LogP contribution in [0.5, 0.6) is 0 Å². The number of benzene rings is 1. The Balaban J connectivity index is 0.000000289. The Morgan fingerprint density at radius 2 is 1.48 bits per heavy atom. The molecule has 0 bridgehead atoms. The van der Waals surface area contributed by atoms with Crippen LogP contribution in [-0.4, -0.2) is 80.0 Å². The SMILES string of the molecule is CCN1CCn2c(-c3ccccc3)cnc2C12CCN(Cc1ccco1)CC2.O=C(O)C(F)(F)F.O=C(O)C(F)(F)F. The smallest absolute Gasteiger partial charge is 0.475 e. The summed E-state index contributed by atoms with van der Waals surface area (Å²) < 4.78 is 71.5. The highest BCUT2D eigenvalue weighted by Gasteiger charge is 2.46. The monoisotopic (exact) mass is 604 g/mol. The Morgan fingerprint density at radius 3 is 1.95 bits per heavy atom. The van der Waals surface area contributed by atoms with E-state index in [2.05, 4.69) is 63.9 Å². The number of hydrogen-bond acceptors (Lipinski definition) is 6. The number of rotatable bonds is 4. The van der Waals surface area contributed by atoms with Gasteiger partial charge in [0.25, 0.3) is 0 Å². The van der Waals surface area contributed by atoms with Crippen molar-refractivity contribution in [3.05, 3.63) is 66.5 Å². The molecule has 5 rings (SSSR count). The first-order valence-corrected chi connectivity index (χ1v) is 12.9. The maximum Gasteiger partial charge on any atom is 0.490 e. The predicted molar refractivity (Wildman–Crippen MR) is 137 cm³/mol. The van der Waals surface area contributed by atoms with Gasteiger partial charge in [0.1, 0.15) is 11.6 Å². The molecule has 9 nitrogen and oxygen atoms in total. The first-order valence-electron chi connectivity index (χ1n) is 12.9. The van der Waals surface area contributed by atoms with Crippen LogP contribution in [0.4, 0.5) is 26.3 Å². The summed E-state index contributed by atoms with van der Waals surface area (Å²) in [7, 11) is 0. The Morgan fingerprint density at radius 1 is 0.905 bits per heavy atom. The largest absolute Gasteiger partial charge is 0.490 e. The highest BCUT2D eigenvalue weighted by Crippen LogP contribution is 2.42. The van der Waals surface area contributed by atoms with E-state index >= 15 is 0 Å². The number of imidazole rings is 1.